The molecule has 1 heterocycles. The zero-order valence-electron chi connectivity index (χ0n) is 14.2. The minimum absolute atomic E-state index is 0.338. The van der Waals surface area contributed by atoms with Crippen molar-refractivity contribution in [1.29, 1.82) is 0 Å². The Hall–Kier alpha value is -0.720. The highest BCUT2D eigenvalue weighted by Crippen LogP contribution is 2.45. The van der Waals surface area contributed by atoms with Gasteiger partial charge in [-0.25, -0.2) is 8.42 Å². The molecule has 0 aliphatic carbocycles. The number of hydrogen-bond acceptors (Lipinski definition) is 3. The van der Waals surface area contributed by atoms with Gasteiger partial charge in [-0.2, -0.15) is 4.31 Å². The number of halogens is 2. The van der Waals surface area contributed by atoms with Crippen molar-refractivity contribution in [1.82, 2.24) is 4.31 Å². The third-order valence-electron chi connectivity index (χ3n) is 4.25. The molecule has 1 fully saturated rings. The Morgan fingerprint density at radius 3 is 2.32 bits per heavy atom. The van der Waals surface area contributed by atoms with E-state index < -0.39 is 10.0 Å². The minimum Gasteiger partial charge on any atom is -0.207 e. The van der Waals surface area contributed by atoms with E-state index in [2.05, 4.69) is 0 Å². The van der Waals surface area contributed by atoms with Gasteiger partial charge in [0.25, 0.3) is 0 Å². The first kappa shape index (κ1) is 19.1. The fourth-order valence-electron chi connectivity index (χ4n) is 3.34. The largest absolute Gasteiger partial charge is 0.244 e. The van der Waals surface area contributed by atoms with Crippen LogP contribution in [0.15, 0.2) is 35.2 Å². The van der Waals surface area contributed by atoms with Crippen molar-refractivity contribution >= 4 is 45.0 Å². The van der Waals surface area contributed by atoms with Gasteiger partial charge in [-0.15, -0.1) is 11.8 Å². The van der Waals surface area contributed by atoms with Crippen LogP contribution in [0.2, 0.25) is 10.0 Å². The number of thioether (sulfide) groups is 1. The van der Waals surface area contributed by atoms with Crippen molar-refractivity contribution in [3.63, 3.8) is 0 Å². The number of sulfonamides is 1. The highest BCUT2D eigenvalue weighted by Gasteiger charge is 2.39. The number of rotatable bonds is 3. The average molecular weight is 416 g/mol. The van der Waals surface area contributed by atoms with Crippen LogP contribution in [0.3, 0.4) is 0 Å². The summed E-state index contributed by atoms with van der Waals surface area (Å²) in [5.74, 6) is 0.729. The first-order chi connectivity index (χ1) is 11.7. The molecular weight excluding hydrogens is 397 g/mol. The van der Waals surface area contributed by atoms with Crippen LogP contribution in [0.5, 0.6) is 0 Å². The molecule has 0 radical (unpaired) electrons. The molecule has 134 valence electrons. The first-order valence-corrected chi connectivity index (χ1v) is 11.1. The summed E-state index contributed by atoms with van der Waals surface area (Å²) in [6, 6.07) is 9.03. The Morgan fingerprint density at radius 1 is 1.08 bits per heavy atom. The fourth-order valence-corrected chi connectivity index (χ4v) is 7.60. The van der Waals surface area contributed by atoms with Gasteiger partial charge >= 0.3 is 0 Å². The Balaban J connectivity index is 2.08. The molecule has 1 saturated heterocycles. The van der Waals surface area contributed by atoms with E-state index in [0.717, 1.165) is 28.0 Å². The third kappa shape index (κ3) is 3.58. The average Bonchev–Trinajstić information content (AvgIpc) is 2.95. The van der Waals surface area contributed by atoms with Gasteiger partial charge in [0, 0.05) is 22.3 Å². The molecule has 3 rings (SSSR count). The molecule has 1 atom stereocenters. The Bertz CT molecular complexity index is 906. The van der Waals surface area contributed by atoms with E-state index in [-0.39, 0.29) is 5.37 Å². The lowest BCUT2D eigenvalue weighted by molar-refractivity contribution is 0.433. The molecule has 2 aromatic carbocycles. The second-order valence-electron chi connectivity index (χ2n) is 6.23. The van der Waals surface area contributed by atoms with Gasteiger partial charge in [-0.05, 0) is 49.6 Å². The number of hydrogen-bond donors (Lipinski definition) is 0. The SMILES string of the molecule is Cc1cc(C)c(S(=O)(=O)N2CCSC2c2ccc(Cl)cc2Cl)c(C)c1. The maximum Gasteiger partial charge on any atom is 0.244 e. The molecule has 1 aliphatic heterocycles. The number of benzene rings is 2. The summed E-state index contributed by atoms with van der Waals surface area (Å²) >= 11 is 13.9. The molecule has 0 aromatic heterocycles. The lowest BCUT2D eigenvalue weighted by atomic mass is 10.1. The lowest BCUT2D eigenvalue weighted by Crippen LogP contribution is -2.31. The van der Waals surface area contributed by atoms with Gasteiger partial charge < -0.3 is 0 Å². The van der Waals surface area contributed by atoms with Gasteiger partial charge in [-0.3, -0.25) is 0 Å². The summed E-state index contributed by atoms with van der Waals surface area (Å²) in [5, 5.41) is 0.690. The highest BCUT2D eigenvalue weighted by atomic mass is 35.5. The zero-order chi connectivity index (χ0) is 18.4. The van der Waals surface area contributed by atoms with Crippen LogP contribution in [0.4, 0.5) is 0 Å². The molecule has 0 bridgehead atoms. The van der Waals surface area contributed by atoms with Crippen LogP contribution in [0.25, 0.3) is 0 Å². The molecule has 3 nitrogen and oxygen atoms in total. The molecule has 7 heteroatoms. The van der Waals surface area contributed by atoms with Gasteiger partial charge in [0.05, 0.1) is 10.3 Å². The Morgan fingerprint density at radius 2 is 1.72 bits per heavy atom. The van der Waals surface area contributed by atoms with Crippen LogP contribution in [0.1, 0.15) is 27.6 Å². The third-order valence-corrected chi connectivity index (χ3v) is 8.36. The summed E-state index contributed by atoms with van der Waals surface area (Å²) in [7, 11) is -3.62. The monoisotopic (exact) mass is 415 g/mol. The normalized spacial score (nSPS) is 18.7. The van der Waals surface area contributed by atoms with Crippen LogP contribution in [-0.2, 0) is 10.0 Å². The number of nitrogens with zero attached hydrogens (tertiary/aromatic N) is 1. The molecule has 25 heavy (non-hydrogen) atoms. The summed E-state index contributed by atoms with van der Waals surface area (Å²) in [6.45, 7) is 6.13. The van der Waals surface area contributed by atoms with Crippen LogP contribution in [0, 0.1) is 20.8 Å². The van der Waals surface area contributed by atoms with Crippen molar-refractivity contribution in [3.8, 4) is 0 Å². The molecule has 0 saturated carbocycles. The van der Waals surface area contributed by atoms with Gasteiger partial charge in [0.1, 0.15) is 0 Å². The molecule has 0 spiro atoms. The smallest absolute Gasteiger partial charge is 0.207 e. The van der Waals surface area contributed by atoms with Gasteiger partial charge in [0.2, 0.25) is 10.0 Å². The van der Waals surface area contributed by atoms with E-state index >= 15 is 0 Å². The first-order valence-electron chi connectivity index (χ1n) is 7.88. The van der Waals surface area contributed by atoms with Crippen LogP contribution < -0.4 is 0 Å². The van der Waals surface area contributed by atoms with E-state index in [1.54, 1.807) is 28.2 Å². The van der Waals surface area contributed by atoms with Crippen molar-refractivity contribution in [2.45, 2.75) is 31.0 Å². The topological polar surface area (TPSA) is 37.4 Å². The standard InChI is InChI=1S/C18H19Cl2NO2S2/c1-11-8-12(2)17(13(3)9-11)25(22,23)21-6-7-24-18(21)15-5-4-14(19)10-16(15)20/h4-5,8-10,18H,6-7H2,1-3H3. The molecule has 0 amide bonds. The lowest BCUT2D eigenvalue weighted by Gasteiger charge is -2.26. The van der Waals surface area contributed by atoms with Crippen LogP contribution in [-0.4, -0.2) is 25.0 Å². The van der Waals surface area contributed by atoms with Crippen molar-refractivity contribution < 1.29 is 8.42 Å². The van der Waals surface area contributed by atoms with Crippen molar-refractivity contribution in [2.75, 3.05) is 12.3 Å². The van der Waals surface area contributed by atoms with Crippen molar-refractivity contribution in [3.05, 3.63) is 62.6 Å². The van der Waals surface area contributed by atoms with Crippen LogP contribution >= 0.6 is 35.0 Å². The van der Waals surface area contributed by atoms with E-state index in [1.807, 2.05) is 39.0 Å². The molecule has 1 aliphatic rings. The highest BCUT2D eigenvalue weighted by molar-refractivity contribution is 8.01. The Kier molecular flexibility index (Phi) is 5.43. The van der Waals surface area contributed by atoms with E-state index in [0.29, 0.717) is 21.5 Å². The molecule has 2 aromatic rings. The van der Waals surface area contributed by atoms with Gasteiger partial charge in [0.15, 0.2) is 0 Å². The predicted molar refractivity (Wildman–Crippen MR) is 106 cm³/mol. The van der Waals surface area contributed by atoms with E-state index in [1.165, 1.54) is 0 Å². The maximum absolute atomic E-state index is 13.4. The fraction of sp³-hybridized carbons (Fsp3) is 0.333. The summed E-state index contributed by atoms with van der Waals surface area (Å²) in [5.41, 5.74) is 3.38. The zero-order valence-corrected chi connectivity index (χ0v) is 17.4. The molecular formula is C18H19Cl2NO2S2. The quantitative estimate of drug-likeness (QED) is 0.677. The van der Waals surface area contributed by atoms with Crippen molar-refractivity contribution in [2.24, 2.45) is 0 Å². The maximum atomic E-state index is 13.4. The summed E-state index contributed by atoms with van der Waals surface area (Å²) in [4.78, 5) is 0.399. The summed E-state index contributed by atoms with van der Waals surface area (Å²) < 4.78 is 28.3. The Labute approximate surface area is 163 Å². The number of aryl methyl sites for hydroxylation is 3. The summed E-state index contributed by atoms with van der Waals surface area (Å²) in [6.07, 6.45) is 0. The minimum atomic E-state index is -3.62. The predicted octanol–water partition coefficient (Wildman–Crippen LogP) is 5.35. The van der Waals surface area contributed by atoms with E-state index in [4.69, 9.17) is 23.2 Å². The second-order valence-corrected chi connectivity index (χ2v) is 10.1. The molecule has 1 unspecified atom stereocenters. The second kappa shape index (κ2) is 7.12. The van der Waals surface area contributed by atoms with E-state index in [9.17, 15) is 8.42 Å². The van der Waals surface area contributed by atoms with Gasteiger partial charge in [-0.1, -0.05) is 47.0 Å². The molecule has 0 N–H and O–H groups in total.